The minimum absolute atomic E-state index is 0.00214. The fraction of sp³-hybridized carbons (Fsp3) is 0.652. The number of fused-ring (bicyclic) bond motifs is 1. The van der Waals surface area contributed by atoms with Crippen LogP contribution < -0.4 is 16.4 Å². The maximum Gasteiger partial charge on any atom is 0.481 e. The molecule has 0 spiro atoms. The zero-order valence-corrected chi connectivity index (χ0v) is 31.0. The molecule has 1 saturated heterocycles. The Bertz CT molecular complexity index is 1760. The molecule has 1 fully saturated rings. The molecule has 3 rings (SSSR count). The van der Waals surface area contributed by atoms with E-state index in [1.807, 2.05) is 0 Å². The largest absolute Gasteiger partial charge is 0.481 e. The highest BCUT2D eigenvalue weighted by Crippen LogP contribution is 2.61. The van der Waals surface area contributed by atoms with Crippen molar-refractivity contribution in [3.8, 4) is 0 Å². The first-order valence-corrected chi connectivity index (χ1v) is 20.4. The molecule has 0 radical (unpaired) electrons. The van der Waals surface area contributed by atoms with Gasteiger partial charge in [-0.3, -0.25) is 32.5 Å². The van der Waals surface area contributed by atoms with Crippen molar-refractivity contribution >= 4 is 69.1 Å². The number of imidazole rings is 1. The number of aliphatic hydroxyl groups is 4. The smallest absolute Gasteiger partial charge is 0.386 e. The van der Waals surface area contributed by atoms with Crippen LogP contribution in [0.3, 0.4) is 0 Å². The van der Waals surface area contributed by atoms with E-state index in [9.17, 15) is 57.9 Å². The highest BCUT2D eigenvalue weighted by atomic mass is 32.2. The molecule has 7 unspecified atom stereocenters. The number of aromatic nitrogens is 4. The molecule has 3 heterocycles. The number of nitrogen functional groups attached to an aromatic ring is 1. The molecule has 0 aromatic carbocycles. The van der Waals surface area contributed by atoms with Crippen LogP contribution in [-0.4, -0.2) is 139 Å². The number of carbonyl (C=O) groups is 3. The first kappa shape index (κ1) is 44.9. The predicted molar refractivity (Wildman–Crippen MR) is 175 cm³/mol. The number of rotatable bonds is 20. The Kier molecular flexibility index (Phi) is 15.6. The SMILES string of the molecule is CC(C)(COP(=O)(O)OP(=O)(O)OCC1OC(n2cnc3c(N)ncnc32)C(O)C1OP(=O)(O)O)C(O)C(=O)NCCC(=O)NCCSC(=O)C(O)O. The van der Waals surface area contributed by atoms with Crippen LogP contribution in [-0.2, 0) is 50.7 Å². The van der Waals surface area contributed by atoms with Crippen LogP contribution in [0.15, 0.2) is 12.7 Å². The fourth-order valence-corrected chi connectivity index (χ4v) is 7.74. The average Bonchev–Trinajstić information content (AvgIpc) is 3.60. The molecule has 12 N–H and O–H groups in total. The summed E-state index contributed by atoms with van der Waals surface area (Å²) in [5.41, 5.74) is 4.19. The Morgan fingerprint density at radius 2 is 1.70 bits per heavy atom. The summed E-state index contributed by atoms with van der Waals surface area (Å²) in [4.78, 5) is 86.2. The molecule has 53 heavy (non-hydrogen) atoms. The van der Waals surface area contributed by atoms with Gasteiger partial charge in [-0.25, -0.2) is 28.6 Å². The summed E-state index contributed by atoms with van der Waals surface area (Å²) in [6.45, 7) is 0.0933. The number of carbonyl (C=O) groups excluding carboxylic acids is 3. The highest BCUT2D eigenvalue weighted by molar-refractivity contribution is 8.13. The van der Waals surface area contributed by atoms with Gasteiger partial charge in [0.05, 0.1) is 19.5 Å². The zero-order valence-electron chi connectivity index (χ0n) is 27.5. The number of amides is 2. The number of nitrogens with one attached hydrogen (secondary N) is 2. The van der Waals surface area contributed by atoms with E-state index in [2.05, 4.69) is 34.4 Å². The molecular weight excluding hydrogens is 803 g/mol. The Morgan fingerprint density at radius 1 is 1.04 bits per heavy atom. The van der Waals surface area contributed by atoms with Gasteiger partial charge in [-0.1, -0.05) is 25.6 Å². The Hall–Kier alpha value is -2.52. The van der Waals surface area contributed by atoms with Crippen LogP contribution in [0, 0.1) is 5.41 Å². The fourth-order valence-electron chi connectivity index (χ4n) is 4.36. The molecule has 2 amide bonds. The lowest BCUT2D eigenvalue weighted by molar-refractivity contribution is -0.137. The lowest BCUT2D eigenvalue weighted by atomic mass is 9.87. The zero-order chi connectivity index (χ0) is 39.9. The van der Waals surface area contributed by atoms with Crippen molar-refractivity contribution in [1.82, 2.24) is 30.2 Å². The minimum Gasteiger partial charge on any atom is -0.386 e. The molecule has 0 saturated carbocycles. The van der Waals surface area contributed by atoms with Gasteiger partial charge in [0.2, 0.25) is 23.2 Å². The lowest BCUT2D eigenvalue weighted by Gasteiger charge is -2.30. The molecular formula is C23H38N7O19P3S. The van der Waals surface area contributed by atoms with Crippen molar-refractivity contribution in [1.29, 1.82) is 0 Å². The van der Waals surface area contributed by atoms with Crippen LogP contribution in [0.4, 0.5) is 5.82 Å². The van der Waals surface area contributed by atoms with Gasteiger partial charge in [-0.2, -0.15) is 4.31 Å². The Morgan fingerprint density at radius 3 is 2.34 bits per heavy atom. The number of thioether (sulfide) groups is 1. The van der Waals surface area contributed by atoms with E-state index in [0.717, 1.165) is 17.2 Å². The van der Waals surface area contributed by atoms with Crippen molar-refractivity contribution in [2.75, 3.05) is 37.8 Å². The summed E-state index contributed by atoms with van der Waals surface area (Å²) in [5, 5.41) is 42.5. The van der Waals surface area contributed by atoms with E-state index >= 15 is 0 Å². The number of aliphatic hydroxyl groups excluding tert-OH is 3. The van der Waals surface area contributed by atoms with Crippen molar-refractivity contribution in [2.24, 2.45) is 5.41 Å². The van der Waals surface area contributed by atoms with Gasteiger partial charge in [0.25, 0.3) is 0 Å². The summed E-state index contributed by atoms with van der Waals surface area (Å²) < 4.78 is 61.8. The number of anilines is 1. The van der Waals surface area contributed by atoms with Gasteiger partial charge in [0.1, 0.15) is 36.3 Å². The van der Waals surface area contributed by atoms with Gasteiger partial charge < -0.3 is 61.1 Å². The van der Waals surface area contributed by atoms with Crippen molar-refractivity contribution < 1.29 is 90.7 Å². The summed E-state index contributed by atoms with van der Waals surface area (Å²) in [6.07, 6.45) is -9.26. The van der Waals surface area contributed by atoms with E-state index in [0.29, 0.717) is 11.8 Å². The Balaban J connectivity index is 1.52. The first-order chi connectivity index (χ1) is 24.4. The molecule has 26 nitrogen and oxygen atoms in total. The maximum atomic E-state index is 12.6. The predicted octanol–water partition coefficient (Wildman–Crippen LogP) is -3.02. The number of hydrogen-bond donors (Lipinski definition) is 11. The number of ether oxygens (including phenoxy) is 1. The van der Waals surface area contributed by atoms with Gasteiger partial charge in [0, 0.05) is 30.7 Å². The third-order valence-electron chi connectivity index (χ3n) is 6.96. The van der Waals surface area contributed by atoms with Crippen molar-refractivity contribution in [3.05, 3.63) is 12.7 Å². The first-order valence-electron chi connectivity index (χ1n) is 14.8. The molecule has 30 heteroatoms. The average molecular weight is 842 g/mol. The van der Waals surface area contributed by atoms with Crippen molar-refractivity contribution in [3.63, 3.8) is 0 Å². The lowest BCUT2D eigenvalue weighted by Crippen LogP contribution is -2.46. The number of hydrogen-bond acceptors (Lipinski definition) is 20. The molecule has 0 aliphatic carbocycles. The third kappa shape index (κ3) is 13.3. The summed E-state index contributed by atoms with van der Waals surface area (Å²) in [5.74, 6) is -1.59. The maximum absolute atomic E-state index is 12.6. The summed E-state index contributed by atoms with van der Waals surface area (Å²) in [6, 6.07) is 0. The molecule has 2 aromatic heterocycles. The number of nitrogens with two attached hydrogens (primary N) is 1. The van der Waals surface area contributed by atoms with Gasteiger partial charge in [-0.15, -0.1) is 0 Å². The van der Waals surface area contributed by atoms with Crippen LogP contribution in [0.5, 0.6) is 0 Å². The third-order valence-corrected chi connectivity index (χ3v) is 11.0. The minimum atomic E-state index is -5.58. The molecule has 2 aromatic rings. The van der Waals surface area contributed by atoms with Gasteiger partial charge in [0.15, 0.2) is 17.7 Å². The summed E-state index contributed by atoms with van der Waals surface area (Å²) in [7, 11) is -16.4. The van der Waals surface area contributed by atoms with Crippen molar-refractivity contribution in [2.45, 2.75) is 57.2 Å². The van der Waals surface area contributed by atoms with E-state index in [1.165, 1.54) is 13.8 Å². The second-order valence-electron chi connectivity index (χ2n) is 11.6. The normalized spacial score (nSPS) is 22.3. The highest BCUT2D eigenvalue weighted by Gasteiger charge is 2.50. The molecule has 1 aliphatic rings. The molecule has 0 bridgehead atoms. The van der Waals surface area contributed by atoms with E-state index < -0.39 is 96.0 Å². The van der Waals surface area contributed by atoms with Crippen LogP contribution >= 0.6 is 35.2 Å². The van der Waals surface area contributed by atoms with Crippen LogP contribution in [0.1, 0.15) is 26.5 Å². The monoisotopic (exact) mass is 841 g/mol. The number of phosphoric acid groups is 3. The number of phosphoric ester groups is 3. The number of nitrogens with zero attached hydrogens (tertiary/aromatic N) is 4. The molecule has 1 aliphatic heterocycles. The topological polar surface area (TPSA) is 404 Å². The Labute approximate surface area is 302 Å². The van der Waals surface area contributed by atoms with Crippen LogP contribution in [0.25, 0.3) is 11.2 Å². The standard InChI is InChI=1S/C23H38N7O19P3S/c1-23(2,16(33)19(34)26-4-3-12(31)25-5-6-53-22(37)21(35)36)8-46-52(43,44)49-51(41,42)45-7-11-15(48-50(38,39)40)14(32)20(47-11)30-10-29-13-17(24)27-9-28-18(13)30/h9-11,14-16,20-21,32-33,35-36H,3-8H2,1-2H3,(H,25,31)(H,26,34)(H,41,42)(H,43,44)(H2,24,27,28)(H2,38,39,40). The van der Waals surface area contributed by atoms with Crippen LogP contribution in [0.2, 0.25) is 0 Å². The van der Waals surface area contributed by atoms with E-state index in [4.69, 9.17) is 29.7 Å². The van der Waals surface area contributed by atoms with E-state index in [1.54, 1.807) is 0 Å². The van der Waals surface area contributed by atoms with Gasteiger partial charge >= 0.3 is 23.5 Å². The molecule has 7 atom stereocenters. The van der Waals surface area contributed by atoms with E-state index in [-0.39, 0.29) is 42.2 Å². The van der Waals surface area contributed by atoms with Gasteiger partial charge in [-0.05, 0) is 0 Å². The summed E-state index contributed by atoms with van der Waals surface area (Å²) >= 11 is 0.578. The second-order valence-corrected chi connectivity index (χ2v) is 16.9. The second kappa shape index (κ2) is 18.4. The quantitative estimate of drug-likeness (QED) is 0.0359. The molecule has 300 valence electrons.